The number of primary amides is 1. The maximum Gasteiger partial charge on any atom is 0.263 e. The number of benzene rings is 1. The van der Waals surface area contributed by atoms with E-state index in [9.17, 15) is 14.4 Å². The Hall–Kier alpha value is -2.67. The molecule has 3 rings (SSSR count). The van der Waals surface area contributed by atoms with Gasteiger partial charge in [0, 0.05) is 30.3 Å². The standard InChI is InChI=1S/C18H19N3O3S/c19-16(22)12-3-5-14(6-4-12)20-17(23)13-7-9-21(10-8-13)18(24)15-2-1-11-25-15/h1-6,11,13H,7-10H2,(H2,19,22)(H,20,23). The second-order valence-electron chi connectivity index (χ2n) is 5.97. The number of nitrogens with zero attached hydrogens (tertiary/aromatic N) is 1. The fraction of sp³-hybridized carbons (Fsp3) is 0.278. The van der Waals surface area contributed by atoms with Gasteiger partial charge in [-0.2, -0.15) is 0 Å². The predicted octanol–water partition coefficient (Wildman–Crippen LogP) is 2.34. The van der Waals surface area contributed by atoms with Gasteiger partial charge in [0.2, 0.25) is 11.8 Å². The predicted molar refractivity (Wildman–Crippen MR) is 96.5 cm³/mol. The van der Waals surface area contributed by atoms with Crippen LogP contribution in [0.2, 0.25) is 0 Å². The molecule has 2 heterocycles. The van der Waals surface area contributed by atoms with Gasteiger partial charge >= 0.3 is 0 Å². The van der Waals surface area contributed by atoms with Crippen molar-refractivity contribution in [2.24, 2.45) is 11.7 Å². The summed E-state index contributed by atoms with van der Waals surface area (Å²) in [7, 11) is 0. The fourth-order valence-electron chi connectivity index (χ4n) is 2.86. The summed E-state index contributed by atoms with van der Waals surface area (Å²) in [4.78, 5) is 38.3. The second kappa shape index (κ2) is 7.48. The van der Waals surface area contributed by atoms with Crippen LogP contribution in [0.4, 0.5) is 5.69 Å². The van der Waals surface area contributed by atoms with Crippen molar-refractivity contribution in [1.82, 2.24) is 4.90 Å². The van der Waals surface area contributed by atoms with Gasteiger partial charge in [-0.15, -0.1) is 11.3 Å². The van der Waals surface area contributed by atoms with Gasteiger partial charge in [0.25, 0.3) is 5.91 Å². The average Bonchev–Trinajstić information content (AvgIpc) is 3.16. The third-order valence-electron chi connectivity index (χ3n) is 4.32. The van der Waals surface area contributed by atoms with Crippen LogP contribution in [0.15, 0.2) is 41.8 Å². The maximum absolute atomic E-state index is 12.4. The number of nitrogens with one attached hydrogen (secondary N) is 1. The van der Waals surface area contributed by atoms with E-state index in [0.717, 1.165) is 4.88 Å². The summed E-state index contributed by atoms with van der Waals surface area (Å²) in [6, 6.07) is 10.2. The first-order valence-electron chi connectivity index (χ1n) is 8.08. The lowest BCUT2D eigenvalue weighted by atomic mass is 9.95. The van der Waals surface area contributed by atoms with Crippen molar-refractivity contribution < 1.29 is 14.4 Å². The number of nitrogens with two attached hydrogens (primary N) is 1. The summed E-state index contributed by atoms with van der Waals surface area (Å²) in [5, 5.41) is 4.74. The molecule has 25 heavy (non-hydrogen) atoms. The van der Waals surface area contributed by atoms with E-state index < -0.39 is 5.91 Å². The summed E-state index contributed by atoms with van der Waals surface area (Å²) >= 11 is 1.43. The van der Waals surface area contributed by atoms with Crippen LogP contribution in [0, 0.1) is 5.92 Å². The van der Waals surface area contributed by atoms with Crippen molar-refractivity contribution in [2.75, 3.05) is 18.4 Å². The maximum atomic E-state index is 12.4. The van der Waals surface area contributed by atoms with Gasteiger partial charge < -0.3 is 16.0 Å². The molecule has 1 aromatic carbocycles. The van der Waals surface area contributed by atoms with E-state index in [1.54, 1.807) is 29.2 Å². The van der Waals surface area contributed by atoms with Crippen molar-refractivity contribution in [1.29, 1.82) is 0 Å². The van der Waals surface area contributed by atoms with E-state index in [0.29, 0.717) is 37.2 Å². The largest absolute Gasteiger partial charge is 0.366 e. The molecule has 0 unspecified atom stereocenters. The Morgan fingerprint density at radius 3 is 2.32 bits per heavy atom. The van der Waals surface area contributed by atoms with Gasteiger partial charge in [0.1, 0.15) is 0 Å². The summed E-state index contributed by atoms with van der Waals surface area (Å²) in [5.74, 6) is -0.644. The Morgan fingerprint density at radius 2 is 1.76 bits per heavy atom. The molecule has 1 aromatic heterocycles. The zero-order chi connectivity index (χ0) is 17.8. The molecule has 0 saturated carbocycles. The number of hydrogen-bond acceptors (Lipinski definition) is 4. The molecular formula is C18H19N3O3S. The van der Waals surface area contributed by atoms with Gasteiger partial charge in [-0.3, -0.25) is 14.4 Å². The Bertz CT molecular complexity index is 763. The molecule has 0 radical (unpaired) electrons. The van der Waals surface area contributed by atoms with E-state index in [2.05, 4.69) is 5.32 Å². The minimum absolute atomic E-state index is 0.0379. The average molecular weight is 357 g/mol. The quantitative estimate of drug-likeness (QED) is 0.879. The Labute approximate surface area is 149 Å². The van der Waals surface area contributed by atoms with E-state index >= 15 is 0 Å². The van der Waals surface area contributed by atoms with Gasteiger partial charge in [-0.25, -0.2) is 0 Å². The number of hydrogen-bond donors (Lipinski definition) is 2. The fourth-order valence-corrected chi connectivity index (χ4v) is 3.55. The van der Waals surface area contributed by atoms with Gasteiger partial charge in [-0.05, 0) is 48.6 Å². The van der Waals surface area contributed by atoms with Crippen molar-refractivity contribution in [3.05, 3.63) is 52.2 Å². The Kier molecular flexibility index (Phi) is 5.14. The van der Waals surface area contributed by atoms with E-state index in [1.165, 1.54) is 11.3 Å². The molecule has 0 bridgehead atoms. The summed E-state index contributed by atoms with van der Waals surface area (Å²) in [6.07, 6.45) is 1.28. The lowest BCUT2D eigenvalue weighted by Crippen LogP contribution is -2.41. The number of thiophene rings is 1. The van der Waals surface area contributed by atoms with Crippen LogP contribution in [0.3, 0.4) is 0 Å². The highest BCUT2D eigenvalue weighted by Gasteiger charge is 2.28. The third-order valence-corrected chi connectivity index (χ3v) is 5.18. The summed E-state index contributed by atoms with van der Waals surface area (Å²) in [6.45, 7) is 1.16. The van der Waals surface area contributed by atoms with Crippen molar-refractivity contribution in [2.45, 2.75) is 12.8 Å². The van der Waals surface area contributed by atoms with Crippen molar-refractivity contribution in [3.8, 4) is 0 Å². The SMILES string of the molecule is NC(=O)c1ccc(NC(=O)C2CCN(C(=O)c3cccs3)CC2)cc1. The number of carbonyl (C=O) groups excluding carboxylic acids is 3. The molecule has 0 aliphatic carbocycles. The first kappa shape index (κ1) is 17.2. The topological polar surface area (TPSA) is 92.5 Å². The smallest absolute Gasteiger partial charge is 0.263 e. The van der Waals surface area contributed by atoms with E-state index in [4.69, 9.17) is 5.73 Å². The van der Waals surface area contributed by atoms with Crippen LogP contribution in [-0.4, -0.2) is 35.7 Å². The molecule has 3 N–H and O–H groups in total. The van der Waals surface area contributed by atoms with Crippen molar-refractivity contribution >= 4 is 34.7 Å². The number of carbonyl (C=O) groups is 3. The molecule has 0 spiro atoms. The molecule has 7 heteroatoms. The van der Waals surface area contributed by atoms with E-state index in [1.807, 2.05) is 17.5 Å². The molecule has 3 amide bonds. The number of likely N-dealkylation sites (tertiary alicyclic amines) is 1. The molecule has 1 saturated heterocycles. The first-order valence-corrected chi connectivity index (χ1v) is 8.96. The lowest BCUT2D eigenvalue weighted by molar-refractivity contribution is -0.121. The highest BCUT2D eigenvalue weighted by atomic mass is 32.1. The normalized spacial score (nSPS) is 15.0. The van der Waals surface area contributed by atoms with Gasteiger partial charge in [0.15, 0.2) is 0 Å². The van der Waals surface area contributed by atoms with Gasteiger partial charge in [-0.1, -0.05) is 6.07 Å². The van der Waals surface area contributed by atoms with Crippen LogP contribution in [-0.2, 0) is 4.79 Å². The molecule has 1 aliphatic rings. The lowest BCUT2D eigenvalue weighted by Gasteiger charge is -2.31. The molecule has 1 fully saturated rings. The number of anilines is 1. The van der Waals surface area contributed by atoms with Crippen LogP contribution in [0.1, 0.15) is 32.9 Å². The third kappa shape index (κ3) is 4.06. The minimum atomic E-state index is -0.499. The minimum Gasteiger partial charge on any atom is -0.366 e. The molecule has 130 valence electrons. The van der Waals surface area contributed by atoms with Crippen molar-refractivity contribution in [3.63, 3.8) is 0 Å². The summed E-state index contributed by atoms with van der Waals surface area (Å²) in [5.41, 5.74) is 6.23. The summed E-state index contributed by atoms with van der Waals surface area (Å²) < 4.78 is 0. The first-order chi connectivity index (χ1) is 12.0. The molecule has 2 aromatic rings. The molecule has 6 nitrogen and oxygen atoms in total. The van der Waals surface area contributed by atoms with Crippen LogP contribution >= 0.6 is 11.3 Å². The van der Waals surface area contributed by atoms with Crippen LogP contribution in [0.25, 0.3) is 0 Å². The number of rotatable bonds is 4. The van der Waals surface area contributed by atoms with Crippen LogP contribution < -0.4 is 11.1 Å². The highest BCUT2D eigenvalue weighted by molar-refractivity contribution is 7.12. The number of amides is 3. The van der Waals surface area contributed by atoms with E-state index in [-0.39, 0.29) is 17.7 Å². The monoisotopic (exact) mass is 357 g/mol. The Morgan fingerprint density at radius 1 is 1.08 bits per heavy atom. The molecular weight excluding hydrogens is 338 g/mol. The number of piperidine rings is 1. The second-order valence-corrected chi connectivity index (χ2v) is 6.92. The zero-order valence-corrected chi connectivity index (χ0v) is 14.4. The molecule has 1 aliphatic heterocycles. The Balaban J connectivity index is 1.53. The molecule has 0 atom stereocenters. The highest BCUT2D eigenvalue weighted by Crippen LogP contribution is 2.22. The zero-order valence-electron chi connectivity index (χ0n) is 13.6. The van der Waals surface area contributed by atoms with Crippen LogP contribution in [0.5, 0.6) is 0 Å². The van der Waals surface area contributed by atoms with Gasteiger partial charge in [0.05, 0.1) is 4.88 Å².